The first kappa shape index (κ1) is 33.1. The second-order valence-corrected chi connectivity index (χ2v) is 17.3. The molecular weight excluding hydrogens is 745 g/mol. The highest BCUT2D eigenvalue weighted by molar-refractivity contribution is 6.18. The predicted molar refractivity (Wildman–Crippen MR) is 251 cm³/mol. The Labute approximate surface area is 351 Å². The van der Waals surface area contributed by atoms with E-state index in [1.54, 1.807) is 0 Å². The van der Waals surface area contributed by atoms with E-state index >= 15 is 0 Å². The summed E-state index contributed by atoms with van der Waals surface area (Å²) in [5.41, 5.74) is 18.5. The van der Waals surface area contributed by atoms with E-state index in [-0.39, 0.29) is 5.41 Å². The van der Waals surface area contributed by atoms with E-state index in [9.17, 15) is 0 Å². The number of ether oxygens (including phenoxy) is 1. The van der Waals surface area contributed by atoms with Crippen molar-refractivity contribution in [2.45, 2.75) is 19.3 Å². The minimum absolute atomic E-state index is 0.0922. The fourth-order valence-corrected chi connectivity index (χ4v) is 10.9. The normalized spacial score (nSPS) is 13.7. The van der Waals surface area contributed by atoms with Crippen molar-refractivity contribution in [2.24, 2.45) is 0 Å². The van der Waals surface area contributed by atoms with Crippen LogP contribution in [0.15, 0.2) is 186 Å². The zero-order valence-electron chi connectivity index (χ0n) is 33.5. The van der Waals surface area contributed by atoms with Crippen molar-refractivity contribution in [3.8, 4) is 56.3 Å². The van der Waals surface area contributed by atoms with Gasteiger partial charge in [0.1, 0.15) is 11.2 Å². The Morgan fingerprint density at radius 2 is 1.13 bits per heavy atom. The van der Waals surface area contributed by atoms with Crippen molar-refractivity contribution in [2.75, 3.05) is 0 Å². The van der Waals surface area contributed by atoms with Gasteiger partial charge < -0.3 is 18.3 Å². The van der Waals surface area contributed by atoms with E-state index in [4.69, 9.17) is 9.15 Å². The molecule has 0 spiro atoms. The van der Waals surface area contributed by atoms with E-state index in [0.29, 0.717) is 0 Å². The number of hydrogen-bond acceptors (Lipinski definition) is 2. The molecule has 0 bridgehead atoms. The largest absolute Gasteiger partial charge is 0.456 e. The second kappa shape index (κ2) is 11.7. The van der Waals surface area contributed by atoms with Gasteiger partial charge in [0, 0.05) is 43.4 Å². The molecule has 1 aliphatic carbocycles. The quantitative estimate of drug-likeness (QED) is 0.179. The van der Waals surface area contributed by atoms with Gasteiger partial charge in [0.2, 0.25) is 0 Å². The van der Waals surface area contributed by atoms with Gasteiger partial charge in [-0.1, -0.05) is 111 Å². The zero-order chi connectivity index (χ0) is 40.1. The first-order valence-corrected chi connectivity index (χ1v) is 21.1. The van der Waals surface area contributed by atoms with Gasteiger partial charge in [-0.2, -0.15) is 0 Å². The molecule has 0 unspecified atom stereocenters. The number of rotatable bonds is 3. The van der Waals surface area contributed by atoms with Crippen LogP contribution in [-0.2, 0) is 5.41 Å². The molecule has 4 heteroatoms. The lowest BCUT2D eigenvalue weighted by atomic mass is 9.82. The van der Waals surface area contributed by atoms with Crippen LogP contribution in [0.2, 0.25) is 0 Å². The number of benzene rings is 9. The minimum atomic E-state index is -0.0922. The van der Waals surface area contributed by atoms with Crippen LogP contribution in [0.25, 0.3) is 110 Å². The molecule has 0 amide bonds. The lowest BCUT2D eigenvalue weighted by Gasteiger charge is -2.21. The van der Waals surface area contributed by atoms with Crippen molar-refractivity contribution in [1.29, 1.82) is 0 Å². The van der Waals surface area contributed by atoms with Gasteiger partial charge in [0.25, 0.3) is 0 Å². The molecule has 14 rings (SSSR count). The van der Waals surface area contributed by atoms with Crippen LogP contribution in [-0.4, -0.2) is 9.13 Å². The SMILES string of the molecule is CC1(C)c2ccccc2-c2cc3c4cc(-c5ccc6oc7cccc(-c8cc9c%10c(c8)c8ccccc8n%10-c8ccccc8O9)c7c6c5)ccc4n(-c4ccccc4)c3cc21. The molecule has 61 heavy (non-hydrogen) atoms. The summed E-state index contributed by atoms with van der Waals surface area (Å²) in [6, 6.07) is 66.2. The topological polar surface area (TPSA) is 32.2 Å². The Bertz CT molecular complexity index is 3880. The van der Waals surface area contributed by atoms with E-state index in [1.807, 2.05) is 6.07 Å². The van der Waals surface area contributed by atoms with Crippen molar-refractivity contribution in [1.82, 2.24) is 9.13 Å². The Hall–Kier alpha value is -7.82. The third-order valence-corrected chi connectivity index (χ3v) is 13.7. The standard InChI is InChI=1S/C57H36N2O2/c1-57(2)45-18-8-6-15-38(45)40-31-42-41-27-33(23-25-48(41)58(50(42)32-46(40)57)36-13-4-3-5-14-36)34-24-26-51-44(28-34)55-37(17-12-22-53(55)60-51)35-29-43-39-16-7-9-19-47(39)59-49-20-10-11-21-52(49)61-54(30-35)56(43)59/h3-32H,1-2H3. The molecule has 0 saturated carbocycles. The second-order valence-electron chi connectivity index (χ2n) is 17.3. The smallest absolute Gasteiger partial charge is 0.152 e. The summed E-state index contributed by atoms with van der Waals surface area (Å²) >= 11 is 0. The molecule has 0 radical (unpaired) electrons. The molecule has 4 nitrogen and oxygen atoms in total. The van der Waals surface area contributed by atoms with Crippen LogP contribution in [0.3, 0.4) is 0 Å². The molecule has 3 aromatic heterocycles. The Morgan fingerprint density at radius 1 is 0.410 bits per heavy atom. The Balaban J connectivity index is 0.975. The van der Waals surface area contributed by atoms with Crippen molar-refractivity contribution < 1.29 is 9.15 Å². The third-order valence-electron chi connectivity index (χ3n) is 13.7. The molecule has 12 aromatic rings. The van der Waals surface area contributed by atoms with E-state index in [2.05, 4.69) is 199 Å². The predicted octanol–water partition coefficient (Wildman–Crippen LogP) is 15.5. The number of aromatic nitrogens is 2. The summed E-state index contributed by atoms with van der Waals surface area (Å²) in [5, 5.41) is 7.06. The van der Waals surface area contributed by atoms with Crippen molar-refractivity contribution >= 4 is 65.6 Å². The lowest BCUT2D eigenvalue weighted by molar-refractivity contribution is 0.476. The molecular formula is C57H36N2O2. The summed E-state index contributed by atoms with van der Waals surface area (Å²) in [6.07, 6.45) is 0. The summed E-state index contributed by atoms with van der Waals surface area (Å²) in [6.45, 7) is 4.72. The van der Waals surface area contributed by atoms with Crippen LogP contribution in [0, 0.1) is 0 Å². The molecule has 0 saturated heterocycles. The Kier molecular flexibility index (Phi) is 6.33. The van der Waals surface area contributed by atoms with Gasteiger partial charge in [-0.25, -0.2) is 0 Å². The van der Waals surface area contributed by atoms with E-state index in [0.717, 1.165) is 67.0 Å². The first-order chi connectivity index (χ1) is 30.0. The highest BCUT2D eigenvalue weighted by atomic mass is 16.5. The van der Waals surface area contributed by atoms with Gasteiger partial charge in [-0.3, -0.25) is 0 Å². The zero-order valence-corrected chi connectivity index (χ0v) is 33.5. The van der Waals surface area contributed by atoms with Crippen molar-refractivity contribution in [3.63, 3.8) is 0 Å². The van der Waals surface area contributed by atoms with Gasteiger partial charge >= 0.3 is 0 Å². The van der Waals surface area contributed by atoms with Crippen LogP contribution in [0.5, 0.6) is 11.5 Å². The average Bonchev–Trinajstić information content (AvgIpc) is 4.01. The molecule has 0 N–H and O–H groups in total. The van der Waals surface area contributed by atoms with Crippen LogP contribution >= 0.6 is 0 Å². The number of furan rings is 1. The molecule has 2 aliphatic rings. The first-order valence-electron chi connectivity index (χ1n) is 21.1. The summed E-state index contributed by atoms with van der Waals surface area (Å²) in [4.78, 5) is 0. The third kappa shape index (κ3) is 4.38. The maximum atomic E-state index is 6.70. The molecule has 0 atom stereocenters. The monoisotopic (exact) mass is 780 g/mol. The fraction of sp³-hybridized carbons (Fsp3) is 0.0526. The van der Waals surface area contributed by atoms with Gasteiger partial charge in [-0.05, 0) is 129 Å². The summed E-state index contributed by atoms with van der Waals surface area (Å²) in [7, 11) is 0. The average molecular weight is 781 g/mol. The van der Waals surface area contributed by atoms with E-state index in [1.165, 1.54) is 65.9 Å². The summed E-state index contributed by atoms with van der Waals surface area (Å²) < 4.78 is 18.1. The summed E-state index contributed by atoms with van der Waals surface area (Å²) in [5.74, 6) is 1.71. The highest BCUT2D eigenvalue weighted by Crippen LogP contribution is 2.52. The minimum Gasteiger partial charge on any atom is -0.456 e. The van der Waals surface area contributed by atoms with Crippen LogP contribution < -0.4 is 4.74 Å². The number of hydrogen-bond donors (Lipinski definition) is 0. The molecule has 9 aromatic carbocycles. The highest BCUT2D eigenvalue weighted by Gasteiger charge is 2.36. The fourth-order valence-electron chi connectivity index (χ4n) is 10.9. The maximum absolute atomic E-state index is 6.70. The number of para-hydroxylation sites is 4. The molecule has 4 heterocycles. The van der Waals surface area contributed by atoms with Gasteiger partial charge in [0.05, 0.1) is 27.8 Å². The number of nitrogens with zero attached hydrogens (tertiary/aromatic N) is 2. The lowest BCUT2D eigenvalue weighted by Crippen LogP contribution is -2.14. The van der Waals surface area contributed by atoms with Gasteiger partial charge in [-0.15, -0.1) is 0 Å². The van der Waals surface area contributed by atoms with Crippen LogP contribution in [0.4, 0.5) is 0 Å². The molecule has 286 valence electrons. The van der Waals surface area contributed by atoms with Crippen molar-refractivity contribution in [3.05, 3.63) is 193 Å². The molecule has 1 aliphatic heterocycles. The number of fused-ring (bicyclic) bond motifs is 14. The maximum Gasteiger partial charge on any atom is 0.152 e. The van der Waals surface area contributed by atoms with E-state index < -0.39 is 0 Å². The van der Waals surface area contributed by atoms with Crippen LogP contribution in [0.1, 0.15) is 25.0 Å². The molecule has 0 fully saturated rings. The van der Waals surface area contributed by atoms with Gasteiger partial charge in [0.15, 0.2) is 11.5 Å². The Morgan fingerprint density at radius 3 is 2.05 bits per heavy atom.